The largest absolute Gasteiger partial charge is 0.348 e. The summed E-state index contributed by atoms with van der Waals surface area (Å²) in [5.74, 6) is 2.47. The molecule has 2 aliphatic rings. The van der Waals surface area contributed by atoms with Gasteiger partial charge in [0.15, 0.2) is 0 Å². The minimum Gasteiger partial charge on any atom is -0.348 e. The molecule has 4 heteroatoms. The van der Waals surface area contributed by atoms with Crippen molar-refractivity contribution >= 4 is 5.91 Å². The van der Waals surface area contributed by atoms with Gasteiger partial charge in [-0.1, -0.05) is 13.3 Å². The molecule has 20 heavy (non-hydrogen) atoms. The van der Waals surface area contributed by atoms with E-state index in [4.69, 9.17) is 0 Å². The van der Waals surface area contributed by atoms with Crippen molar-refractivity contribution in [2.75, 3.05) is 0 Å². The van der Waals surface area contributed by atoms with Gasteiger partial charge in [0.1, 0.15) is 5.69 Å². The predicted octanol–water partition coefficient (Wildman–Crippen LogP) is 2.54. The number of amides is 1. The first-order valence-corrected chi connectivity index (χ1v) is 7.92. The molecule has 0 aliphatic heterocycles. The summed E-state index contributed by atoms with van der Waals surface area (Å²) < 4.78 is 1.70. The molecule has 1 heterocycles. The SMILES string of the molecule is CCc1cc(C(=O)N[C@H](C)[C@@H]2C[C@@H]3CC[C@@H]2C3)n(C)n1. The molecule has 110 valence electrons. The molecule has 2 fully saturated rings. The van der Waals surface area contributed by atoms with Crippen molar-refractivity contribution in [3.63, 3.8) is 0 Å². The Bertz CT molecular complexity index is 508. The van der Waals surface area contributed by atoms with E-state index in [1.54, 1.807) is 4.68 Å². The number of nitrogens with zero attached hydrogens (tertiary/aromatic N) is 2. The van der Waals surface area contributed by atoms with Crippen LogP contribution in [0.3, 0.4) is 0 Å². The molecule has 0 aromatic carbocycles. The third-order valence-electron chi connectivity index (χ3n) is 5.32. The van der Waals surface area contributed by atoms with E-state index < -0.39 is 0 Å². The summed E-state index contributed by atoms with van der Waals surface area (Å²) in [6, 6.07) is 2.18. The van der Waals surface area contributed by atoms with E-state index in [-0.39, 0.29) is 11.9 Å². The monoisotopic (exact) mass is 275 g/mol. The van der Waals surface area contributed by atoms with Gasteiger partial charge >= 0.3 is 0 Å². The Kier molecular flexibility index (Phi) is 3.57. The van der Waals surface area contributed by atoms with Crippen molar-refractivity contribution in [2.45, 2.75) is 52.0 Å². The summed E-state index contributed by atoms with van der Waals surface area (Å²) >= 11 is 0. The number of aromatic nitrogens is 2. The molecule has 1 N–H and O–H groups in total. The van der Waals surface area contributed by atoms with Crippen LogP contribution in [0, 0.1) is 17.8 Å². The van der Waals surface area contributed by atoms with Gasteiger partial charge in [-0.2, -0.15) is 5.10 Å². The molecule has 2 saturated carbocycles. The lowest BCUT2D eigenvalue weighted by Crippen LogP contribution is -2.40. The average Bonchev–Trinajstić information content (AvgIpc) is 3.12. The molecule has 0 radical (unpaired) electrons. The second kappa shape index (κ2) is 5.23. The van der Waals surface area contributed by atoms with Gasteiger partial charge in [-0.3, -0.25) is 9.48 Å². The van der Waals surface area contributed by atoms with E-state index in [0.717, 1.165) is 24.0 Å². The van der Waals surface area contributed by atoms with Crippen LogP contribution in [-0.2, 0) is 13.5 Å². The van der Waals surface area contributed by atoms with Crippen molar-refractivity contribution in [3.05, 3.63) is 17.5 Å². The van der Waals surface area contributed by atoms with Crippen LogP contribution in [0.1, 0.15) is 55.7 Å². The van der Waals surface area contributed by atoms with Crippen molar-refractivity contribution in [3.8, 4) is 0 Å². The second-order valence-corrected chi connectivity index (χ2v) is 6.60. The van der Waals surface area contributed by atoms with Gasteiger partial charge in [0.2, 0.25) is 0 Å². The fourth-order valence-corrected chi connectivity index (χ4v) is 4.21. The van der Waals surface area contributed by atoms with E-state index in [2.05, 4.69) is 24.3 Å². The molecule has 2 aliphatic carbocycles. The molecule has 0 spiro atoms. The zero-order valence-electron chi connectivity index (χ0n) is 12.7. The number of rotatable bonds is 4. The van der Waals surface area contributed by atoms with Crippen LogP contribution in [0.2, 0.25) is 0 Å². The Morgan fingerprint density at radius 1 is 1.50 bits per heavy atom. The Morgan fingerprint density at radius 3 is 2.85 bits per heavy atom. The van der Waals surface area contributed by atoms with Crippen LogP contribution < -0.4 is 5.32 Å². The lowest BCUT2D eigenvalue weighted by Gasteiger charge is -2.28. The number of nitrogens with one attached hydrogen (secondary N) is 1. The summed E-state index contributed by atoms with van der Waals surface area (Å²) in [5.41, 5.74) is 1.65. The van der Waals surface area contributed by atoms with Gasteiger partial charge in [-0.05, 0) is 56.4 Å². The number of carbonyl (C=O) groups is 1. The summed E-state index contributed by atoms with van der Waals surface area (Å²) in [4.78, 5) is 12.4. The van der Waals surface area contributed by atoms with E-state index in [1.165, 1.54) is 25.7 Å². The fourth-order valence-electron chi connectivity index (χ4n) is 4.21. The minimum absolute atomic E-state index is 0.0231. The first kappa shape index (κ1) is 13.7. The zero-order valence-corrected chi connectivity index (χ0v) is 12.7. The van der Waals surface area contributed by atoms with Crippen LogP contribution in [0.4, 0.5) is 0 Å². The summed E-state index contributed by atoms with van der Waals surface area (Å²) in [6.07, 6.45) is 6.32. The highest BCUT2D eigenvalue weighted by Crippen LogP contribution is 2.49. The maximum atomic E-state index is 12.4. The number of fused-ring (bicyclic) bond motifs is 2. The maximum Gasteiger partial charge on any atom is 0.269 e. The molecule has 0 unspecified atom stereocenters. The smallest absolute Gasteiger partial charge is 0.269 e. The highest BCUT2D eigenvalue weighted by Gasteiger charge is 2.42. The second-order valence-electron chi connectivity index (χ2n) is 6.60. The molecule has 1 aromatic heterocycles. The van der Waals surface area contributed by atoms with Gasteiger partial charge in [-0.25, -0.2) is 0 Å². The Hall–Kier alpha value is -1.32. The number of hydrogen-bond acceptors (Lipinski definition) is 2. The van der Waals surface area contributed by atoms with Crippen LogP contribution in [0.5, 0.6) is 0 Å². The molecule has 0 saturated heterocycles. The summed E-state index contributed by atoms with van der Waals surface area (Å²) in [5, 5.41) is 7.55. The molecule has 1 aromatic rings. The first-order valence-electron chi connectivity index (χ1n) is 7.92. The Morgan fingerprint density at radius 2 is 2.30 bits per heavy atom. The van der Waals surface area contributed by atoms with E-state index in [1.807, 2.05) is 13.1 Å². The van der Waals surface area contributed by atoms with Gasteiger partial charge in [0.25, 0.3) is 5.91 Å². The maximum absolute atomic E-state index is 12.4. The first-order chi connectivity index (χ1) is 9.58. The van der Waals surface area contributed by atoms with Gasteiger partial charge in [-0.15, -0.1) is 0 Å². The summed E-state index contributed by atoms with van der Waals surface area (Å²) in [7, 11) is 1.84. The molecular weight excluding hydrogens is 250 g/mol. The van der Waals surface area contributed by atoms with Crippen molar-refractivity contribution < 1.29 is 4.79 Å². The Balaban J connectivity index is 1.64. The molecule has 2 bridgehead atoms. The zero-order chi connectivity index (χ0) is 14.3. The van der Waals surface area contributed by atoms with Crippen molar-refractivity contribution in [1.82, 2.24) is 15.1 Å². The average molecular weight is 275 g/mol. The quantitative estimate of drug-likeness (QED) is 0.918. The third kappa shape index (κ3) is 2.36. The van der Waals surface area contributed by atoms with Crippen molar-refractivity contribution in [2.24, 2.45) is 24.8 Å². The van der Waals surface area contributed by atoms with Crippen LogP contribution in [0.25, 0.3) is 0 Å². The van der Waals surface area contributed by atoms with E-state index in [9.17, 15) is 4.79 Å². The Labute approximate surface area is 120 Å². The summed E-state index contributed by atoms with van der Waals surface area (Å²) in [6.45, 7) is 4.22. The highest BCUT2D eigenvalue weighted by molar-refractivity contribution is 5.92. The van der Waals surface area contributed by atoms with Crippen molar-refractivity contribution in [1.29, 1.82) is 0 Å². The third-order valence-corrected chi connectivity index (χ3v) is 5.32. The van der Waals surface area contributed by atoms with E-state index in [0.29, 0.717) is 11.6 Å². The molecular formula is C16H25N3O. The normalized spacial score (nSPS) is 29.6. The van der Waals surface area contributed by atoms with Crippen LogP contribution in [-0.4, -0.2) is 21.7 Å². The molecule has 1 amide bonds. The number of carbonyl (C=O) groups excluding carboxylic acids is 1. The standard InChI is InChI=1S/C16H25N3O/c1-4-13-9-15(19(3)18-13)16(20)17-10(2)14-8-11-5-6-12(14)7-11/h9-12,14H,4-8H2,1-3H3,(H,17,20)/t10-,11-,12-,14+/m1/s1. The van der Waals surface area contributed by atoms with Gasteiger partial charge in [0, 0.05) is 13.1 Å². The van der Waals surface area contributed by atoms with Gasteiger partial charge in [0.05, 0.1) is 5.69 Å². The fraction of sp³-hybridized carbons (Fsp3) is 0.750. The predicted molar refractivity (Wildman–Crippen MR) is 78.5 cm³/mol. The number of hydrogen-bond donors (Lipinski definition) is 1. The van der Waals surface area contributed by atoms with Crippen LogP contribution >= 0.6 is 0 Å². The van der Waals surface area contributed by atoms with Crippen LogP contribution in [0.15, 0.2) is 6.07 Å². The lowest BCUT2D eigenvalue weighted by atomic mass is 9.84. The molecule has 3 rings (SSSR count). The number of aryl methyl sites for hydroxylation is 2. The topological polar surface area (TPSA) is 46.9 Å². The van der Waals surface area contributed by atoms with E-state index >= 15 is 0 Å². The lowest BCUT2D eigenvalue weighted by molar-refractivity contribution is 0.0905. The minimum atomic E-state index is 0.0231. The molecule has 4 nitrogen and oxygen atoms in total. The molecule has 4 atom stereocenters. The van der Waals surface area contributed by atoms with Gasteiger partial charge < -0.3 is 5.32 Å². The highest BCUT2D eigenvalue weighted by atomic mass is 16.2.